The molecule has 1 heterocycles. The fourth-order valence-corrected chi connectivity index (χ4v) is 3.73. The number of nitrogens with zero attached hydrogens (tertiary/aromatic N) is 2. The Bertz CT molecular complexity index is 381. The molecule has 0 saturated carbocycles. The maximum atomic E-state index is 6.38. The van der Waals surface area contributed by atoms with E-state index in [-0.39, 0.29) is 12.1 Å². The molecule has 1 rings (SSSR count). The second-order valence-corrected chi connectivity index (χ2v) is 7.19. The highest BCUT2D eigenvalue weighted by Gasteiger charge is 2.25. The smallest absolute Gasteiger partial charge is 0.0931 e. The van der Waals surface area contributed by atoms with Crippen LogP contribution in [0, 0.1) is 0 Å². The van der Waals surface area contributed by atoms with E-state index in [2.05, 4.69) is 43.8 Å². The first-order valence-electron chi connectivity index (χ1n) is 7.39. The number of nitrogens with two attached hydrogens (primary N) is 1. The van der Waals surface area contributed by atoms with Crippen molar-refractivity contribution in [1.29, 1.82) is 0 Å². The van der Waals surface area contributed by atoms with Crippen molar-refractivity contribution in [1.82, 2.24) is 9.80 Å². The molecular formula is C15H28ClN3S. The summed E-state index contributed by atoms with van der Waals surface area (Å²) >= 11 is 7.76. The number of hydrogen-bond acceptors (Lipinski definition) is 4. The van der Waals surface area contributed by atoms with Gasteiger partial charge in [0.2, 0.25) is 0 Å². The lowest BCUT2D eigenvalue weighted by atomic mass is 10.0. The Balaban J connectivity index is 2.79. The van der Waals surface area contributed by atoms with Crippen LogP contribution in [0.2, 0.25) is 4.34 Å². The quantitative estimate of drug-likeness (QED) is 0.757. The Kier molecular flexibility index (Phi) is 8.07. The van der Waals surface area contributed by atoms with Crippen molar-refractivity contribution in [2.45, 2.75) is 38.8 Å². The summed E-state index contributed by atoms with van der Waals surface area (Å²) in [4.78, 5) is 6.00. The van der Waals surface area contributed by atoms with E-state index in [9.17, 15) is 0 Å². The molecule has 0 aliphatic rings. The summed E-state index contributed by atoms with van der Waals surface area (Å²) in [5, 5.41) is 0. The first-order chi connectivity index (χ1) is 9.49. The van der Waals surface area contributed by atoms with Gasteiger partial charge < -0.3 is 10.6 Å². The van der Waals surface area contributed by atoms with Crippen LogP contribution in [0.25, 0.3) is 0 Å². The lowest BCUT2D eigenvalue weighted by Crippen LogP contribution is -2.41. The third-order valence-electron chi connectivity index (χ3n) is 3.61. The first-order valence-corrected chi connectivity index (χ1v) is 8.58. The topological polar surface area (TPSA) is 32.5 Å². The Morgan fingerprint density at radius 1 is 1.25 bits per heavy atom. The van der Waals surface area contributed by atoms with Crippen molar-refractivity contribution in [2.24, 2.45) is 5.73 Å². The first kappa shape index (κ1) is 17.9. The van der Waals surface area contributed by atoms with Gasteiger partial charge in [0.1, 0.15) is 0 Å². The molecule has 5 heteroatoms. The molecular weight excluding hydrogens is 290 g/mol. The third kappa shape index (κ3) is 5.34. The summed E-state index contributed by atoms with van der Waals surface area (Å²) in [7, 11) is 4.23. The second kappa shape index (κ2) is 9.00. The molecule has 0 aliphatic heterocycles. The average molecular weight is 318 g/mol. The molecule has 0 aliphatic carbocycles. The molecule has 1 aromatic heterocycles. The second-order valence-electron chi connectivity index (χ2n) is 5.44. The van der Waals surface area contributed by atoms with Crippen molar-refractivity contribution in [2.75, 3.05) is 33.7 Å². The predicted molar refractivity (Wildman–Crippen MR) is 90.8 cm³/mol. The van der Waals surface area contributed by atoms with E-state index in [4.69, 9.17) is 17.3 Å². The van der Waals surface area contributed by atoms with E-state index in [1.807, 2.05) is 6.07 Å². The fourth-order valence-electron chi connectivity index (χ4n) is 2.46. The van der Waals surface area contributed by atoms with Gasteiger partial charge in [-0.15, -0.1) is 11.3 Å². The lowest BCUT2D eigenvalue weighted by molar-refractivity contribution is 0.173. The summed E-state index contributed by atoms with van der Waals surface area (Å²) < 4.78 is 0.845. The normalized spacial score (nSPS) is 15.0. The molecule has 2 N–H and O–H groups in total. The van der Waals surface area contributed by atoms with Crippen LogP contribution in [0.1, 0.15) is 37.6 Å². The van der Waals surface area contributed by atoms with Crippen LogP contribution in [0.3, 0.4) is 0 Å². The zero-order valence-electron chi connectivity index (χ0n) is 13.1. The third-order valence-corrected chi connectivity index (χ3v) is 4.91. The summed E-state index contributed by atoms with van der Waals surface area (Å²) in [5.41, 5.74) is 6.38. The van der Waals surface area contributed by atoms with Gasteiger partial charge in [0.25, 0.3) is 0 Å². The Morgan fingerprint density at radius 3 is 2.40 bits per heavy atom. The summed E-state index contributed by atoms with van der Waals surface area (Å²) in [6.07, 6.45) is 2.14. The molecule has 20 heavy (non-hydrogen) atoms. The lowest BCUT2D eigenvalue weighted by Gasteiger charge is -2.34. The molecule has 0 saturated heterocycles. The van der Waals surface area contributed by atoms with Gasteiger partial charge in [-0.25, -0.2) is 0 Å². The van der Waals surface area contributed by atoms with Crippen LogP contribution in [-0.2, 0) is 0 Å². The van der Waals surface area contributed by atoms with Crippen LogP contribution in [-0.4, -0.2) is 49.6 Å². The largest absolute Gasteiger partial charge is 0.326 e. The highest BCUT2D eigenvalue weighted by atomic mass is 35.5. The monoisotopic (exact) mass is 317 g/mol. The van der Waals surface area contributed by atoms with E-state index in [0.717, 1.165) is 36.8 Å². The van der Waals surface area contributed by atoms with Gasteiger partial charge >= 0.3 is 0 Å². The van der Waals surface area contributed by atoms with Crippen molar-refractivity contribution in [3.05, 3.63) is 21.3 Å². The maximum absolute atomic E-state index is 6.38. The van der Waals surface area contributed by atoms with Crippen molar-refractivity contribution in [3.63, 3.8) is 0 Å². The molecule has 0 radical (unpaired) electrons. The molecule has 116 valence electrons. The average Bonchev–Trinajstić information content (AvgIpc) is 2.82. The van der Waals surface area contributed by atoms with E-state index < -0.39 is 0 Å². The Hall–Kier alpha value is -0.130. The zero-order chi connectivity index (χ0) is 15.1. The molecule has 0 amide bonds. The van der Waals surface area contributed by atoms with Gasteiger partial charge in [-0.3, -0.25) is 4.90 Å². The van der Waals surface area contributed by atoms with E-state index in [0.29, 0.717) is 0 Å². The number of thiophene rings is 1. The predicted octanol–water partition coefficient (Wildman–Crippen LogP) is 3.45. The molecule has 0 aromatic carbocycles. The van der Waals surface area contributed by atoms with Gasteiger partial charge in [0.15, 0.2) is 0 Å². The standard InChI is InChI=1S/C15H28ClN3S/c1-5-12(17)15(13-8-9-14(16)20-13)19(6-2)11-7-10-18(3)4/h8-9,12,15H,5-7,10-11,17H2,1-4H3. The number of rotatable bonds is 9. The minimum atomic E-state index is 0.157. The van der Waals surface area contributed by atoms with E-state index in [1.165, 1.54) is 4.88 Å². The highest BCUT2D eigenvalue weighted by Crippen LogP contribution is 2.33. The van der Waals surface area contributed by atoms with Gasteiger partial charge in [-0.2, -0.15) is 0 Å². The van der Waals surface area contributed by atoms with Crippen molar-refractivity contribution in [3.8, 4) is 0 Å². The Labute approximate surface area is 132 Å². The molecule has 0 spiro atoms. The number of likely N-dealkylation sites (N-methyl/N-ethyl adjacent to an activating group) is 1. The molecule has 2 atom stereocenters. The van der Waals surface area contributed by atoms with Gasteiger partial charge in [0.05, 0.1) is 10.4 Å². The van der Waals surface area contributed by atoms with Gasteiger partial charge in [-0.05, 0) is 52.2 Å². The van der Waals surface area contributed by atoms with E-state index >= 15 is 0 Å². The van der Waals surface area contributed by atoms with Gasteiger partial charge in [-0.1, -0.05) is 25.4 Å². The van der Waals surface area contributed by atoms with E-state index in [1.54, 1.807) is 11.3 Å². The van der Waals surface area contributed by atoms with Crippen molar-refractivity contribution >= 4 is 22.9 Å². The van der Waals surface area contributed by atoms with Crippen LogP contribution >= 0.6 is 22.9 Å². The molecule has 0 fully saturated rings. The molecule has 3 nitrogen and oxygen atoms in total. The van der Waals surface area contributed by atoms with Crippen LogP contribution in [0.5, 0.6) is 0 Å². The van der Waals surface area contributed by atoms with Crippen LogP contribution in [0.15, 0.2) is 12.1 Å². The SMILES string of the molecule is CCC(N)C(c1ccc(Cl)s1)N(CC)CCCN(C)C. The summed E-state index contributed by atoms with van der Waals surface area (Å²) in [5.74, 6) is 0. The summed E-state index contributed by atoms with van der Waals surface area (Å²) in [6, 6.07) is 4.54. The minimum absolute atomic E-state index is 0.157. The fraction of sp³-hybridized carbons (Fsp3) is 0.733. The van der Waals surface area contributed by atoms with Crippen molar-refractivity contribution < 1.29 is 0 Å². The molecule has 0 bridgehead atoms. The Morgan fingerprint density at radius 2 is 1.95 bits per heavy atom. The molecule has 1 aromatic rings. The summed E-state index contributed by atoms with van der Waals surface area (Å²) in [6.45, 7) is 7.56. The number of halogens is 1. The maximum Gasteiger partial charge on any atom is 0.0931 e. The van der Waals surface area contributed by atoms with Crippen LogP contribution in [0.4, 0.5) is 0 Å². The van der Waals surface area contributed by atoms with Gasteiger partial charge in [0, 0.05) is 17.5 Å². The van der Waals surface area contributed by atoms with Crippen LogP contribution < -0.4 is 5.73 Å². The number of hydrogen-bond donors (Lipinski definition) is 1. The zero-order valence-corrected chi connectivity index (χ0v) is 14.7. The highest BCUT2D eigenvalue weighted by molar-refractivity contribution is 7.16. The molecule has 2 unspecified atom stereocenters. The minimum Gasteiger partial charge on any atom is -0.326 e.